The molecule has 1 saturated heterocycles. The second-order valence-corrected chi connectivity index (χ2v) is 15.8. The van der Waals surface area contributed by atoms with Crippen LogP contribution in [0.25, 0.3) is 11.1 Å². The van der Waals surface area contributed by atoms with Crippen LogP contribution in [0.4, 0.5) is 20.6 Å². The second-order valence-electron chi connectivity index (χ2n) is 13.7. The number of carboxylic acids is 1. The number of amides is 2. The number of carbonyl (C=O) groups is 2. The highest BCUT2D eigenvalue weighted by molar-refractivity contribution is 8.22. The normalized spacial score (nSPS) is 21.2. The van der Waals surface area contributed by atoms with E-state index in [-0.39, 0.29) is 30.1 Å². The summed E-state index contributed by atoms with van der Waals surface area (Å²) < 4.78 is 47.4. The molecule has 1 saturated carbocycles. The van der Waals surface area contributed by atoms with E-state index in [0.717, 1.165) is 37.4 Å². The topological polar surface area (TPSA) is 126 Å². The molecular weight excluding hydrogens is 647 g/mol. The maximum atomic E-state index is 14.6. The van der Waals surface area contributed by atoms with Gasteiger partial charge in [0.25, 0.3) is 0 Å². The smallest absolute Gasteiger partial charge is 0.338 e. The molecule has 1 unspecified atom stereocenters. The number of carbonyl (C=O) groups excluding carboxylic acids is 1. The number of hydrogen-bond acceptors (Lipinski definition) is 7. The van der Waals surface area contributed by atoms with Gasteiger partial charge in [-0.25, -0.2) is 14.0 Å². The van der Waals surface area contributed by atoms with Gasteiger partial charge >= 0.3 is 12.0 Å². The lowest BCUT2D eigenvalue weighted by Gasteiger charge is -2.46. The van der Waals surface area contributed by atoms with E-state index in [1.54, 1.807) is 22.3 Å². The number of likely N-dealkylation sites (tertiary alicyclic amines) is 1. The molecule has 264 valence electrons. The van der Waals surface area contributed by atoms with Crippen molar-refractivity contribution >= 4 is 34.2 Å². The van der Waals surface area contributed by atoms with Gasteiger partial charge < -0.3 is 25.0 Å². The van der Waals surface area contributed by atoms with Crippen molar-refractivity contribution in [3.8, 4) is 16.9 Å². The molecule has 0 radical (unpaired) electrons. The molecule has 3 aromatic rings. The first-order chi connectivity index (χ1) is 23.4. The molecule has 12 heteroatoms. The summed E-state index contributed by atoms with van der Waals surface area (Å²) in [5.41, 5.74) is 1.80. The summed E-state index contributed by atoms with van der Waals surface area (Å²) in [7, 11) is -1.77. The Labute approximate surface area is 289 Å². The fraction of sp³-hybridized carbons (Fsp3) is 0.459. The van der Waals surface area contributed by atoms with Gasteiger partial charge in [-0.15, -0.1) is 10.8 Å². The number of nitrogens with zero attached hydrogens (tertiary/aromatic N) is 3. The zero-order valence-corrected chi connectivity index (χ0v) is 29.2. The van der Waals surface area contributed by atoms with Gasteiger partial charge in [0.1, 0.15) is 17.7 Å². The first-order valence-corrected chi connectivity index (χ1v) is 18.7. The Morgan fingerprint density at radius 1 is 0.959 bits per heavy atom. The van der Waals surface area contributed by atoms with Crippen molar-refractivity contribution in [2.45, 2.75) is 81.9 Å². The fourth-order valence-electron chi connectivity index (χ4n) is 7.42. The average Bonchev–Trinajstić information content (AvgIpc) is 3.17. The Hall–Kier alpha value is -3.84. The SMILES string of the molecule is CC(C)NC(=O)N1CCC(Oc2cc3c(cc2-c2ccc(F)c(C(=O)O)c2)S(O)(O)N(C)C(C2CCCCC2)CN3c2ccccc2)CC1. The zero-order valence-electron chi connectivity index (χ0n) is 28.3. The third-order valence-corrected chi connectivity index (χ3v) is 12.1. The van der Waals surface area contributed by atoms with Crippen molar-refractivity contribution in [1.29, 1.82) is 0 Å². The Bertz CT molecular complexity index is 1660. The van der Waals surface area contributed by atoms with Gasteiger partial charge in [-0.05, 0) is 68.5 Å². The first-order valence-electron chi connectivity index (χ1n) is 17.2. The lowest BCUT2D eigenvalue weighted by Crippen LogP contribution is -2.48. The van der Waals surface area contributed by atoms with E-state index in [2.05, 4.69) is 10.2 Å². The number of halogens is 1. The molecule has 1 aliphatic carbocycles. The number of urea groups is 1. The minimum Gasteiger partial charge on any atom is -0.490 e. The second kappa shape index (κ2) is 14.6. The molecule has 1 atom stereocenters. The lowest BCUT2D eigenvalue weighted by molar-refractivity contribution is 0.0691. The van der Waals surface area contributed by atoms with Crippen LogP contribution >= 0.6 is 10.8 Å². The number of para-hydroxylation sites is 1. The standard InChI is InChI=1S/C37H47FN4O6S/c1-24(2)39-37(45)41-18-16-28(17-19-41)48-34-22-32-35(21-29(34)26-14-15-31(38)30(20-26)36(43)44)49(46,47)40(3)33(25-10-6-4-7-11-25)23-42(32)27-12-8-5-9-13-27/h5,8-9,12-15,20-22,24-25,28,33,46-47H,4,6-7,10-11,16-19,23H2,1-3H3,(H,39,45)(H,43,44). The highest BCUT2D eigenvalue weighted by Gasteiger charge is 2.42. The number of fused-ring (bicyclic) bond motifs is 1. The number of rotatable bonds is 7. The number of anilines is 2. The molecule has 49 heavy (non-hydrogen) atoms. The van der Waals surface area contributed by atoms with Crippen LogP contribution in [0.2, 0.25) is 0 Å². The van der Waals surface area contributed by atoms with E-state index in [1.165, 1.54) is 18.6 Å². The van der Waals surface area contributed by atoms with Gasteiger partial charge in [0.15, 0.2) is 0 Å². The van der Waals surface area contributed by atoms with Crippen molar-refractivity contribution < 1.29 is 32.9 Å². The number of piperidine rings is 1. The van der Waals surface area contributed by atoms with Crippen molar-refractivity contribution in [1.82, 2.24) is 14.5 Å². The predicted octanol–water partition coefficient (Wildman–Crippen LogP) is 8.21. The van der Waals surface area contributed by atoms with Gasteiger partial charge in [-0.3, -0.25) is 9.11 Å². The summed E-state index contributed by atoms with van der Waals surface area (Å²) in [4.78, 5) is 28.8. The summed E-state index contributed by atoms with van der Waals surface area (Å²) in [5, 5.41) is 12.7. The molecule has 2 amide bonds. The summed E-state index contributed by atoms with van der Waals surface area (Å²) in [5.74, 6) is -1.58. The molecular formula is C37H47FN4O6S. The van der Waals surface area contributed by atoms with E-state index in [1.807, 2.05) is 50.2 Å². The molecule has 0 bridgehead atoms. The molecule has 4 N–H and O–H groups in total. The average molecular weight is 695 g/mol. The third-order valence-electron chi connectivity index (χ3n) is 10.1. The van der Waals surface area contributed by atoms with Gasteiger partial charge in [0.05, 0.1) is 16.1 Å². The van der Waals surface area contributed by atoms with Crippen LogP contribution in [-0.2, 0) is 0 Å². The maximum Gasteiger partial charge on any atom is 0.338 e. The molecule has 3 aliphatic rings. The minimum atomic E-state index is -3.54. The van der Waals surface area contributed by atoms with Crippen LogP contribution in [0, 0.1) is 11.7 Å². The van der Waals surface area contributed by atoms with Crippen LogP contribution in [-0.4, -0.2) is 80.3 Å². The van der Waals surface area contributed by atoms with Crippen molar-refractivity contribution in [3.63, 3.8) is 0 Å². The van der Waals surface area contributed by atoms with Crippen molar-refractivity contribution in [2.24, 2.45) is 5.92 Å². The fourth-order valence-corrected chi connectivity index (χ4v) is 9.07. The van der Waals surface area contributed by atoms with Gasteiger partial charge in [-0.2, -0.15) is 4.31 Å². The molecule has 0 spiro atoms. The van der Waals surface area contributed by atoms with Crippen molar-refractivity contribution in [2.75, 3.05) is 31.6 Å². The Morgan fingerprint density at radius 2 is 1.65 bits per heavy atom. The first kappa shape index (κ1) is 35.0. The summed E-state index contributed by atoms with van der Waals surface area (Å²) >= 11 is 0. The van der Waals surface area contributed by atoms with E-state index in [4.69, 9.17) is 4.74 Å². The van der Waals surface area contributed by atoms with Gasteiger partial charge in [-0.1, -0.05) is 43.5 Å². The van der Waals surface area contributed by atoms with E-state index in [0.29, 0.717) is 59.9 Å². The Morgan fingerprint density at radius 3 is 2.31 bits per heavy atom. The third kappa shape index (κ3) is 7.38. The highest BCUT2D eigenvalue weighted by Crippen LogP contribution is 2.61. The Kier molecular flexibility index (Phi) is 10.4. The van der Waals surface area contributed by atoms with E-state index >= 15 is 0 Å². The molecule has 6 rings (SSSR count). The summed E-state index contributed by atoms with van der Waals surface area (Å²) in [6.07, 6.45) is 6.24. The molecule has 3 aromatic carbocycles. The summed E-state index contributed by atoms with van der Waals surface area (Å²) in [6, 6.07) is 17.0. The predicted molar refractivity (Wildman–Crippen MR) is 190 cm³/mol. The van der Waals surface area contributed by atoms with E-state index < -0.39 is 28.1 Å². The van der Waals surface area contributed by atoms with Crippen molar-refractivity contribution in [3.05, 3.63) is 72.0 Å². The van der Waals surface area contributed by atoms with Crippen LogP contribution in [0.1, 0.15) is 69.2 Å². The molecule has 10 nitrogen and oxygen atoms in total. The van der Waals surface area contributed by atoms with Gasteiger partial charge in [0, 0.05) is 68.9 Å². The number of nitrogens with one attached hydrogen (secondary N) is 1. The molecule has 2 aliphatic heterocycles. The van der Waals surface area contributed by atoms with E-state index in [9.17, 15) is 28.2 Å². The van der Waals surface area contributed by atoms with Crippen LogP contribution < -0.4 is 15.0 Å². The zero-order chi connectivity index (χ0) is 34.9. The number of likely N-dealkylation sites (N-methyl/N-ethyl adjacent to an activating group) is 1. The number of hydrogen-bond donors (Lipinski definition) is 4. The summed E-state index contributed by atoms with van der Waals surface area (Å²) in [6.45, 7) is 5.35. The number of carboxylic acid groups (broad SMARTS) is 1. The number of ether oxygens (including phenoxy) is 1. The number of aromatic carboxylic acids is 1. The monoisotopic (exact) mass is 694 g/mol. The molecule has 0 aromatic heterocycles. The van der Waals surface area contributed by atoms with Gasteiger partial charge in [0.2, 0.25) is 0 Å². The highest BCUT2D eigenvalue weighted by atomic mass is 32.3. The Balaban J connectivity index is 1.47. The number of benzene rings is 3. The van der Waals surface area contributed by atoms with Crippen LogP contribution in [0.15, 0.2) is 65.6 Å². The van der Waals surface area contributed by atoms with Crippen LogP contribution in [0.3, 0.4) is 0 Å². The molecule has 2 fully saturated rings. The molecule has 2 heterocycles. The lowest BCUT2D eigenvalue weighted by atomic mass is 9.83. The maximum absolute atomic E-state index is 14.6. The largest absolute Gasteiger partial charge is 0.490 e. The quantitative estimate of drug-likeness (QED) is 0.195. The minimum absolute atomic E-state index is 0.0200. The van der Waals surface area contributed by atoms with Crippen LogP contribution in [0.5, 0.6) is 5.75 Å².